The molecule has 3 nitrogen and oxygen atoms in total. The van der Waals surface area contributed by atoms with Gasteiger partial charge in [-0.05, 0) is 30.5 Å². The van der Waals surface area contributed by atoms with Gasteiger partial charge in [0.05, 0.1) is 4.90 Å². The van der Waals surface area contributed by atoms with Crippen LogP contribution < -0.4 is 4.72 Å². The van der Waals surface area contributed by atoms with E-state index in [0.717, 1.165) is 10.0 Å². The summed E-state index contributed by atoms with van der Waals surface area (Å²) in [4.78, 5) is 0.336. The number of sulfonamides is 1. The topological polar surface area (TPSA) is 46.2 Å². The van der Waals surface area contributed by atoms with E-state index in [4.69, 9.17) is 0 Å². The number of rotatable bonds is 4. The zero-order chi connectivity index (χ0) is 12.3. The van der Waals surface area contributed by atoms with Crippen molar-refractivity contribution in [2.75, 3.05) is 6.54 Å². The highest BCUT2D eigenvalue weighted by Crippen LogP contribution is 2.20. The van der Waals surface area contributed by atoms with Crippen molar-refractivity contribution >= 4 is 26.0 Å². The molecular weight excluding hydrogens is 290 g/mol. The van der Waals surface area contributed by atoms with E-state index in [1.165, 1.54) is 0 Å². The van der Waals surface area contributed by atoms with E-state index in [1.54, 1.807) is 19.1 Å². The summed E-state index contributed by atoms with van der Waals surface area (Å²) in [5.74, 6) is 0.294. The third-order valence-corrected chi connectivity index (χ3v) is 4.18. The highest BCUT2D eigenvalue weighted by atomic mass is 79.9. The van der Waals surface area contributed by atoms with E-state index in [-0.39, 0.29) is 0 Å². The second kappa shape index (κ2) is 5.29. The quantitative estimate of drug-likeness (QED) is 0.929. The van der Waals surface area contributed by atoms with E-state index in [2.05, 4.69) is 20.7 Å². The monoisotopic (exact) mass is 305 g/mol. The standard InChI is InChI=1S/C11H16BrNO2S/c1-8(2)7-13-16(14,15)11-6-10(12)5-4-9(11)3/h4-6,8,13H,7H2,1-3H3. The predicted octanol–water partition coefficient (Wildman–Crippen LogP) is 2.69. The molecule has 0 fully saturated rings. The van der Waals surface area contributed by atoms with Crippen LogP contribution in [-0.4, -0.2) is 15.0 Å². The summed E-state index contributed by atoms with van der Waals surface area (Å²) in [6.45, 7) is 6.18. The normalized spacial score (nSPS) is 12.1. The van der Waals surface area contributed by atoms with Gasteiger partial charge >= 0.3 is 0 Å². The van der Waals surface area contributed by atoms with Crippen LogP contribution >= 0.6 is 15.9 Å². The zero-order valence-electron chi connectivity index (χ0n) is 9.62. The Morgan fingerprint density at radius 3 is 2.56 bits per heavy atom. The highest BCUT2D eigenvalue weighted by Gasteiger charge is 2.16. The lowest BCUT2D eigenvalue weighted by molar-refractivity contribution is 0.559. The molecule has 1 N–H and O–H groups in total. The molecule has 0 aromatic heterocycles. The number of halogens is 1. The Kier molecular flexibility index (Phi) is 4.52. The third-order valence-electron chi connectivity index (χ3n) is 2.12. The molecule has 0 amide bonds. The summed E-state index contributed by atoms with van der Waals surface area (Å²) >= 11 is 3.28. The molecule has 0 unspecified atom stereocenters. The Balaban J connectivity index is 3.02. The van der Waals surface area contributed by atoms with Crippen molar-refractivity contribution in [3.63, 3.8) is 0 Å². The summed E-state index contributed by atoms with van der Waals surface area (Å²) in [5.41, 5.74) is 0.749. The Morgan fingerprint density at radius 1 is 1.38 bits per heavy atom. The first-order valence-corrected chi connectivity index (χ1v) is 7.36. The van der Waals surface area contributed by atoms with Crippen molar-refractivity contribution in [2.45, 2.75) is 25.7 Å². The van der Waals surface area contributed by atoms with Gasteiger partial charge in [0, 0.05) is 11.0 Å². The number of aryl methyl sites for hydroxylation is 1. The van der Waals surface area contributed by atoms with Gasteiger partial charge in [0.2, 0.25) is 10.0 Å². The Morgan fingerprint density at radius 2 is 2.00 bits per heavy atom. The molecule has 1 rings (SSSR count). The first kappa shape index (κ1) is 13.7. The van der Waals surface area contributed by atoms with Crippen LogP contribution in [0.25, 0.3) is 0 Å². The molecule has 0 saturated carbocycles. The molecule has 0 spiro atoms. The molecule has 1 aromatic carbocycles. The van der Waals surface area contributed by atoms with Gasteiger partial charge in [-0.15, -0.1) is 0 Å². The summed E-state index contributed by atoms with van der Waals surface area (Å²) in [6, 6.07) is 5.24. The molecule has 0 heterocycles. The fourth-order valence-corrected chi connectivity index (χ4v) is 3.21. The average molecular weight is 306 g/mol. The van der Waals surface area contributed by atoms with E-state index < -0.39 is 10.0 Å². The molecule has 0 aliphatic heterocycles. The minimum atomic E-state index is -3.39. The minimum absolute atomic E-state index is 0.294. The van der Waals surface area contributed by atoms with Gasteiger partial charge in [0.15, 0.2) is 0 Å². The maximum Gasteiger partial charge on any atom is 0.240 e. The van der Waals surface area contributed by atoms with Crippen LogP contribution in [0.15, 0.2) is 27.6 Å². The summed E-state index contributed by atoms with van der Waals surface area (Å²) in [5, 5.41) is 0. The lowest BCUT2D eigenvalue weighted by atomic mass is 10.2. The largest absolute Gasteiger partial charge is 0.240 e. The molecule has 0 atom stereocenters. The van der Waals surface area contributed by atoms with Crippen LogP contribution in [0.4, 0.5) is 0 Å². The van der Waals surface area contributed by atoms with Crippen molar-refractivity contribution in [2.24, 2.45) is 5.92 Å². The third kappa shape index (κ3) is 3.57. The summed E-state index contributed by atoms with van der Waals surface area (Å²) in [6.07, 6.45) is 0. The van der Waals surface area contributed by atoms with Crippen molar-refractivity contribution in [3.8, 4) is 0 Å². The average Bonchev–Trinajstić information content (AvgIpc) is 2.19. The van der Waals surface area contributed by atoms with Crippen molar-refractivity contribution < 1.29 is 8.42 Å². The molecule has 16 heavy (non-hydrogen) atoms. The molecule has 0 radical (unpaired) electrons. The summed E-state index contributed by atoms with van der Waals surface area (Å²) < 4.78 is 27.3. The molecule has 0 saturated heterocycles. The number of benzene rings is 1. The van der Waals surface area contributed by atoms with E-state index in [9.17, 15) is 8.42 Å². The van der Waals surface area contributed by atoms with Gasteiger partial charge < -0.3 is 0 Å². The summed E-state index contributed by atoms with van der Waals surface area (Å²) in [7, 11) is -3.39. The maximum absolute atomic E-state index is 12.0. The molecule has 5 heteroatoms. The smallest absolute Gasteiger partial charge is 0.211 e. The van der Waals surface area contributed by atoms with Crippen LogP contribution in [-0.2, 0) is 10.0 Å². The molecule has 1 aromatic rings. The predicted molar refractivity (Wildman–Crippen MR) is 68.9 cm³/mol. The first-order valence-electron chi connectivity index (χ1n) is 5.09. The minimum Gasteiger partial charge on any atom is -0.211 e. The van der Waals surface area contributed by atoms with Crippen LogP contribution in [0, 0.1) is 12.8 Å². The van der Waals surface area contributed by atoms with Crippen molar-refractivity contribution in [1.82, 2.24) is 4.72 Å². The zero-order valence-corrected chi connectivity index (χ0v) is 12.0. The Labute approximate surface area is 105 Å². The van der Waals surface area contributed by atoms with Gasteiger partial charge in [-0.2, -0.15) is 0 Å². The van der Waals surface area contributed by atoms with Crippen LogP contribution in [0.3, 0.4) is 0 Å². The Hall–Kier alpha value is -0.390. The second-order valence-electron chi connectivity index (χ2n) is 4.16. The van der Waals surface area contributed by atoms with Crippen LogP contribution in [0.5, 0.6) is 0 Å². The fraction of sp³-hybridized carbons (Fsp3) is 0.455. The van der Waals surface area contributed by atoms with Crippen LogP contribution in [0.1, 0.15) is 19.4 Å². The lowest BCUT2D eigenvalue weighted by Crippen LogP contribution is -2.28. The highest BCUT2D eigenvalue weighted by molar-refractivity contribution is 9.10. The van der Waals surface area contributed by atoms with Gasteiger partial charge in [0.1, 0.15) is 0 Å². The van der Waals surface area contributed by atoms with Gasteiger partial charge in [-0.3, -0.25) is 0 Å². The molecule has 0 bridgehead atoms. The van der Waals surface area contributed by atoms with Gasteiger partial charge in [-0.1, -0.05) is 35.8 Å². The Bertz CT molecular complexity index is 469. The molecular formula is C11H16BrNO2S. The number of nitrogens with one attached hydrogen (secondary N) is 1. The van der Waals surface area contributed by atoms with Crippen LogP contribution in [0.2, 0.25) is 0 Å². The van der Waals surface area contributed by atoms with E-state index in [0.29, 0.717) is 17.4 Å². The van der Waals surface area contributed by atoms with E-state index >= 15 is 0 Å². The first-order chi connectivity index (χ1) is 7.33. The van der Waals surface area contributed by atoms with Crippen molar-refractivity contribution in [1.29, 1.82) is 0 Å². The molecule has 0 aliphatic rings. The SMILES string of the molecule is Cc1ccc(Br)cc1S(=O)(=O)NCC(C)C. The maximum atomic E-state index is 12.0. The fourth-order valence-electron chi connectivity index (χ4n) is 1.22. The number of hydrogen-bond acceptors (Lipinski definition) is 2. The molecule has 90 valence electrons. The molecule has 0 aliphatic carbocycles. The van der Waals surface area contributed by atoms with Gasteiger partial charge in [0.25, 0.3) is 0 Å². The van der Waals surface area contributed by atoms with Crippen molar-refractivity contribution in [3.05, 3.63) is 28.2 Å². The van der Waals surface area contributed by atoms with E-state index in [1.807, 2.05) is 19.9 Å². The van der Waals surface area contributed by atoms with Gasteiger partial charge in [-0.25, -0.2) is 13.1 Å². The second-order valence-corrected chi connectivity index (χ2v) is 6.81. The lowest BCUT2D eigenvalue weighted by Gasteiger charge is -2.11. The number of hydrogen-bond donors (Lipinski definition) is 1.